The fourth-order valence-electron chi connectivity index (χ4n) is 3.22. The molecule has 1 atom stereocenters. The Morgan fingerprint density at radius 3 is 2.58 bits per heavy atom. The number of anilines is 2. The largest absolute Gasteiger partial charge is 0.368 e. The van der Waals surface area contributed by atoms with E-state index in [0.29, 0.717) is 16.9 Å². The molecular weight excluding hydrogens is 424 g/mol. The lowest BCUT2D eigenvalue weighted by Gasteiger charge is -2.20. The molecular formula is C21H17F2N5O2S. The first-order valence-electron chi connectivity index (χ1n) is 9.28. The highest BCUT2D eigenvalue weighted by molar-refractivity contribution is 7.16. The number of nitrogens with two attached hydrogens (primary N) is 1. The van der Waals surface area contributed by atoms with Gasteiger partial charge in [-0.25, -0.2) is 13.8 Å². The molecule has 4 rings (SSSR count). The first-order chi connectivity index (χ1) is 14.8. The lowest BCUT2D eigenvalue weighted by molar-refractivity contribution is -0.119. The SMILES string of the molecule is Cc1sc(NC(=O)C2=NN(c3ccccc3)[C@@H](C(N)=O)C2)nc1-c1ccc(F)c(F)c1. The summed E-state index contributed by atoms with van der Waals surface area (Å²) in [5, 5.41) is 8.66. The smallest absolute Gasteiger partial charge is 0.273 e. The monoisotopic (exact) mass is 441 g/mol. The highest BCUT2D eigenvalue weighted by atomic mass is 32.1. The predicted octanol–water partition coefficient (Wildman–Crippen LogP) is 3.46. The van der Waals surface area contributed by atoms with E-state index in [9.17, 15) is 18.4 Å². The van der Waals surface area contributed by atoms with E-state index >= 15 is 0 Å². The molecule has 158 valence electrons. The van der Waals surface area contributed by atoms with Crippen molar-refractivity contribution in [2.45, 2.75) is 19.4 Å². The molecule has 0 saturated carbocycles. The van der Waals surface area contributed by atoms with Crippen molar-refractivity contribution in [3.63, 3.8) is 0 Å². The third kappa shape index (κ3) is 4.15. The van der Waals surface area contributed by atoms with E-state index in [1.165, 1.54) is 22.4 Å². The van der Waals surface area contributed by atoms with E-state index in [0.717, 1.165) is 17.0 Å². The van der Waals surface area contributed by atoms with E-state index < -0.39 is 29.5 Å². The van der Waals surface area contributed by atoms with Crippen LogP contribution in [0.25, 0.3) is 11.3 Å². The zero-order valence-corrected chi connectivity index (χ0v) is 17.1. The van der Waals surface area contributed by atoms with Crippen molar-refractivity contribution in [1.29, 1.82) is 0 Å². The molecule has 7 nitrogen and oxygen atoms in total. The maximum absolute atomic E-state index is 13.6. The normalized spacial score (nSPS) is 15.6. The van der Waals surface area contributed by atoms with Gasteiger partial charge in [0.1, 0.15) is 11.8 Å². The van der Waals surface area contributed by atoms with Gasteiger partial charge in [-0.15, -0.1) is 11.3 Å². The zero-order valence-electron chi connectivity index (χ0n) is 16.3. The molecule has 3 N–H and O–H groups in total. The van der Waals surface area contributed by atoms with Crippen LogP contribution in [0, 0.1) is 18.6 Å². The summed E-state index contributed by atoms with van der Waals surface area (Å²) in [7, 11) is 0. The van der Waals surface area contributed by atoms with Gasteiger partial charge < -0.3 is 5.73 Å². The van der Waals surface area contributed by atoms with Crippen LogP contribution < -0.4 is 16.1 Å². The van der Waals surface area contributed by atoms with Crippen LogP contribution in [0.3, 0.4) is 0 Å². The van der Waals surface area contributed by atoms with Gasteiger partial charge in [-0.3, -0.25) is 19.9 Å². The number of aromatic nitrogens is 1. The molecule has 0 bridgehead atoms. The molecule has 0 aliphatic carbocycles. The molecule has 2 aromatic carbocycles. The second-order valence-corrected chi connectivity index (χ2v) is 8.06. The molecule has 0 fully saturated rings. The Hall–Kier alpha value is -3.66. The number of rotatable bonds is 5. The number of benzene rings is 2. The Bertz CT molecular complexity index is 1200. The molecule has 0 saturated heterocycles. The number of para-hydroxylation sites is 1. The number of nitrogens with zero attached hydrogens (tertiary/aromatic N) is 3. The van der Waals surface area contributed by atoms with Crippen molar-refractivity contribution in [3.8, 4) is 11.3 Å². The van der Waals surface area contributed by atoms with E-state index in [-0.39, 0.29) is 17.3 Å². The summed E-state index contributed by atoms with van der Waals surface area (Å²) in [5.41, 5.74) is 7.11. The van der Waals surface area contributed by atoms with Gasteiger partial charge in [0.25, 0.3) is 5.91 Å². The Kier molecular flexibility index (Phi) is 5.47. The van der Waals surface area contributed by atoms with E-state index in [1.54, 1.807) is 31.2 Å². The Balaban J connectivity index is 1.56. The van der Waals surface area contributed by atoms with E-state index in [4.69, 9.17) is 5.73 Å². The molecule has 1 aliphatic rings. The number of halogens is 2. The third-order valence-electron chi connectivity index (χ3n) is 4.73. The Labute approximate surface area is 180 Å². The van der Waals surface area contributed by atoms with Gasteiger partial charge in [0.2, 0.25) is 5.91 Å². The van der Waals surface area contributed by atoms with Crippen molar-refractivity contribution in [2.75, 3.05) is 10.3 Å². The van der Waals surface area contributed by atoms with Gasteiger partial charge in [0, 0.05) is 16.9 Å². The molecule has 3 aromatic rings. The van der Waals surface area contributed by atoms with Crippen molar-refractivity contribution in [2.24, 2.45) is 10.8 Å². The van der Waals surface area contributed by atoms with Crippen LogP contribution in [0.4, 0.5) is 19.6 Å². The Morgan fingerprint density at radius 1 is 1.16 bits per heavy atom. The quantitative estimate of drug-likeness (QED) is 0.633. The maximum atomic E-state index is 13.6. The molecule has 31 heavy (non-hydrogen) atoms. The number of hydrogen-bond acceptors (Lipinski definition) is 6. The van der Waals surface area contributed by atoms with Crippen molar-refractivity contribution in [1.82, 2.24) is 4.98 Å². The number of hydrogen-bond donors (Lipinski definition) is 2. The lowest BCUT2D eigenvalue weighted by atomic mass is 10.1. The van der Waals surface area contributed by atoms with Crippen LogP contribution in [0.15, 0.2) is 53.6 Å². The second-order valence-electron chi connectivity index (χ2n) is 6.86. The van der Waals surface area contributed by atoms with E-state index in [2.05, 4.69) is 15.4 Å². The molecule has 2 heterocycles. The molecule has 0 spiro atoms. The summed E-state index contributed by atoms with van der Waals surface area (Å²) >= 11 is 1.19. The van der Waals surface area contributed by atoms with Gasteiger partial charge in [0.05, 0.1) is 11.4 Å². The standard InChI is InChI=1S/C21H17F2N5O2S/c1-11-18(12-7-8-14(22)15(23)9-12)25-21(31-11)26-20(30)16-10-17(19(24)29)28(27-16)13-5-3-2-4-6-13/h2-9,17H,10H2,1H3,(H2,24,29)(H,25,26,30)/t17-/m1/s1. The Morgan fingerprint density at radius 2 is 1.90 bits per heavy atom. The average Bonchev–Trinajstić information content (AvgIpc) is 3.35. The van der Waals surface area contributed by atoms with Crippen molar-refractivity contribution in [3.05, 3.63) is 65.0 Å². The average molecular weight is 441 g/mol. The summed E-state index contributed by atoms with van der Waals surface area (Å²) in [4.78, 5) is 29.7. The van der Waals surface area contributed by atoms with Crippen molar-refractivity contribution >= 4 is 39.7 Å². The fourth-order valence-corrected chi connectivity index (χ4v) is 4.05. The minimum Gasteiger partial charge on any atom is -0.368 e. The number of carbonyl (C=O) groups excluding carboxylic acids is 2. The number of hydrazone groups is 1. The molecule has 2 amide bonds. The first kappa shape index (κ1) is 20.6. The van der Waals surface area contributed by atoms with Crippen LogP contribution in [-0.2, 0) is 9.59 Å². The number of aryl methyl sites for hydroxylation is 1. The molecule has 1 aliphatic heterocycles. The van der Waals surface area contributed by atoms with Gasteiger partial charge in [0.15, 0.2) is 16.8 Å². The number of nitrogens with one attached hydrogen (secondary N) is 1. The van der Waals surface area contributed by atoms with Gasteiger partial charge in [-0.2, -0.15) is 5.10 Å². The minimum atomic E-state index is -0.978. The molecule has 0 unspecified atom stereocenters. The topological polar surface area (TPSA) is 101 Å². The van der Waals surface area contributed by atoms with Crippen LogP contribution >= 0.6 is 11.3 Å². The summed E-state index contributed by atoms with van der Waals surface area (Å²) in [6, 6.07) is 11.7. The minimum absolute atomic E-state index is 0.0520. The van der Waals surface area contributed by atoms with Crippen LogP contribution in [0.1, 0.15) is 11.3 Å². The first-order valence-corrected chi connectivity index (χ1v) is 10.1. The van der Waals surface area contributed by atoms with Gasteiger partial charge in [-0.05, 0) is 37.3 Å². The lowest BCUT2D eigenvalue weighted by Crippen LogP contribution is -2.39. The molecule has 10 heteroatoms. The van der Waals surface area contributed by atoms with Gasteiger partial charge in [-0.1, -0.05) is 18.2 Å². The van der Waals surface area contributed by atoms with Crippen LogP contribution in [0.2, 0.25) is 0 Å². The van der Waals surface area contributed by atoms with Crippen LogP contribution in [-0.4, -0.2) is 28.6 Å². The summed E-state index contributed by atoms with van der Waals surface area (Å²) < 4.78 is 26.8. The van der Waals surface area contributed by atoms with Gasteiger partial charge >= 0.3 is 0 Å². The third-order valence-corrected chi connectivity index (χ3v) is 5.62. The number of thiazole rings is 1. The van der Waals surface area contributed by atoms with Crippen molar-refractivity contribution < 1.29 is 18.4 Å². The zero-order chi connectivity index (χ0) is 22.1. The molecule has 0 radical (unpaired) electrons. The molecule has 1 aromatic heterocycles. The summed E-state index contributed by atoms with van der Waals surface area (Å²) in [6.07, 6.45) is 0.0520. The number of primary amides is 1. The highest BCUT2D eigenvalue weighted by Crippen LogP contribution is 2.31. The number of amides is 2. The number of carbonyl (C=O) groups is 2. The highest BCUT2D eigenvalue weighted by Gasteiger charge is 2.35. The summed E-state index contributed by atoms with van der Waals surface area (Å²) in [5.74, 6) is -3.04. The van der Waals surface area contributed by atoms with Crippen LogP contribution in [0.5, 0.6) is 0 Å². The predicted molar refractivity (Wildman–Crippen MR) is 115 cm³/mol. The second kappa shape index (κ2) is 8.23. The fraction of sp³-hybridized carbons (Fsp3) is 0.143. The van der Waals surface area contributed by atoms with E-state index in [1.807, 2.05) is 6.07 Å². The maximum Gasteiger partial charge on any atom is 0.273 e. The summed E-state index contributed by atoms with van der Waals surface area (Å²) in [6.45, 7) is 1.76.